The Bertz CT molecular complexity index is 451. The molecule has 0 radical (unpaired) electrons. The third-order valence-corrected chi connectivity index (χ3v) is 3.89. The molecule has 1 aromatic carbocycles. The van der Waals surface area contributed by atoms with Crippen molar-refractivity contribution < 1.29 is 9.90 Å². The molecule has 4 heteroatoms. The number of benzene rings is 1. The summed E-state index contributed by atoms with van der Waals surface area (Å²) < 4.78 is 0. The van der Waals surface area contributed by atoms with Crippen LogP contribution in [-0.2, 0) is 4.79 Å². The molecule has 3 N–H and O–H groups in total. The molecule has 0 bridgehead atoms. The first kappa shape index (κ1) is 12.9. The average molecular weight is 248 g/mol. The summed E-state index contributed by atoms with van der Waals surface area (Å²) >= 11 is 0. The Balaban J connectivity index is 2.18. The van der Waals surface area contributed by atoms with Crippen LogP contribution >= 0.6 is 0 Å². The van der Waals surface area contributed by atoms with Crippen LogP contribution in [0.2, 0.25) is 0 Å². The number of amides is 1. The highest BCUT2D eigenvalue weighted by molar-refractivity contribution is 5.97. The summed E-state index contributed by atoms with van der Waals surface area (Å²) in [5.41, 5.74) is 0.929. The van der Waals surface area contributed by atoms with Gasteiger partial charge in [0.1, 0.15) is 5.75 Å². The summed E-state index contributed by atoms with van der Waals surface area (Å²) in [6, 6.07) is 5.37. The first-order chi connectivity index (χ1) is 8.59. The highest BCUT2D eigenvalue weighted by Gasteiger charge is 2.39. The van der Waals surface area contributed by atoms with Crippen LogP contribution in [0.1, 0.15) is 25.3 Å². The number of hydrogen-bond acceptors (Lipinski definition) is 3. The molecule has 1 aromatic rings. The number of phenolic OH excluding ortho intramolecular Hbond substituents is 1. The minimum atomic E-state index is -0.337. The lowest BCUT2D eigenvalue weighted by atomic mass is 9.83. The molecule has 1 aliphatic rings. The SMILES string of the molecule is CCC1(C(=O)Nc2cccc(C)c2O)CCNC1. The monoisotopic (exact) mass is 248 g/mol. The van der Waals surface area contributed by atoms with E-state index in [0.29, 0.717) is 12.2 Å². The van der Waals surface area contributed by atoms with Crippen LogP contribution in [0.25, 0.3) is 0 Å². The molecule has 0 aliphatic carbocycles. The van der Waals surface area contributed by atoms with Gasteiger partial charge >= 0.3 is 0 Å². The van der Waals surface area contributed by atoms with Gasteiger partial charge in [-0.3, -0.25) is 4.79 Å². The number of rotatable bonds is 3. The molecule has 0 spiro atoms. The summed E-state index contributed by atoms with van der Waals surface area (Å²) in [5, 5.41) is 16.0. The van der Waals surface area contributed by atoms with Crippen molar-refractivity contribution in [1.29, 1.82) is 0 Å². The van der Waals surface area contributed by atoms with E-state index >= 15 is 0 Å². The molecule has 1 saturated heterocycles. The van der Waals surface area contributed by atoms with Gasteiger partial charge in [-0.2, -0.15) is 0 Å². The van der Waals surface area contributed by atoms with Crippen molar-refractivity contribution in [3.8, 4) is 5.75 Å². The fraction of sp³-hybridized carbons (Fsp3) is 0.500. The lowest BCUT2D eigenvalue weighted by molar-refractivity contribution is -0.124. The highest BCUT2D eigenvalue weighted by Crippen LogP contribution is 2.33. The molecule has 1 heterocycles. The lowest BCUT2D eigenvalue weighted by Crippen LogP contribution is -2.37. The van der Waals surface area contributed by atoms with Gasteiger partial charge in [0.15, 0.2) is 0 Å². The molecule has 1 fully saturated rings. The Labute approximate surface area is 107 Å². The molecule has 98 valence electrons. The first-order valence-corrected chi connectivity index (χ1v) is 6.40. The zero-order valence-corrected chi connectivity index (χ0v) is 10.9. The van der Waals surface area contributed by atoms with Crippen LogP contribution in [0.4, 0.5) is 5.69 Å². The summed E-state index contributed by atoms with van der Waals surface area (Å²) in [6.45, 7) is 5.43. The second-order valence-corrected chi connectivity index (χ2v) is 4.99. The van der Waals surface area contributed by atoms with Crippen molar-refractivity contribution in [2.45, 2.75) is 26.7 Å². The van der Waals surface area contributed by atoms with E-state index < -0.39 is 0 Å². The molecular weight excluding hydrogens is 228 g/mol. The summed E-state index contributed by atoms with van der Waals surface area (Å²) in [7, 11) is 0. The molecular formula is C14H20N2O2. The zero-order valence-electron chi connectivity index (χ0n) is 10.9. The quantitative estimate of drug-likeness (QED) is 0.717. The average Bonchev–Trinajstić information content (AvgIpc) is 2.85. The van der Waals surface area contributed by atoms with Crippen molar-refractivity contribution in [2.24, 2.45) is 5.41 Å². The predicted octanol–water partition coefficient (Wildman–Crippen LogP) is 2.03. The number of para-hydroxylation sites is 1. The standard InChI is InChI=1S/C14H20N2O2/c1-3-14(7-8-15-9-14)13(18)16-11-6-4-5-10(2)12(11)17/h4-6,15,17H,3,7-9H2,1-2H3,(H,16,18). The van der Waals surface area contributed by atoms with Crippen molar-refractivity contribution in [3.05, 3.63) is 23.8 Å². The second-order valence-electron chi connectivity index (χ2n) is 4.99. The molecule has 0 saturated carbocycles. The van der Waals surface area contributed by atoms with Crippen molar-refractivity contribution in [1.82, 2.24) is 5.32 Å². The van der Waals surface area contributed by atoms with Crippen LogP contribution in [0.5, 0.6) is 5.75 Å². The molecule has 2 rings (SSSR count). The molecule has 4 nitrogen and oxygen atoms in total. The predicted molar refractivity (Wildman–Crippen MR) is 71.7 cm³/mol. The van der Waals surface area contributed by atoms with E-state index in [-0.39, 0.29) is 17.1 Å². The number of phenols is 1. The molecule has 0 aromatic heterocycles. The van der Waals surface area contributed by atoms with Gasteiger partial charge in [0.05, 0.1) is 11.1 Å². The highest BCUT2D eigenvalue weighted by atomic mass is 16.3. The first-order valence-electron chi connectivity index (χ1n) is 6.40. The minimum Gasteiger partial charge on any atom is -0.505 e. The number of hydrogen-bond donors (Lipinski definition) is 3. The summed E-state index contributed by atoms with van der Waals surface area (Å²) in [5.74, 6) is 0.152. The Morgan fingerprint density at radius 2 is 2.33 bits per heavy atom. The summed E-state index contributed by atoms with van der Waals surface area (Å²) in [4.78, 5) is 12.4. The number of carbonyl (C=O) groups is 1. The fourth-order valence-corrected chi connectivity index (χ4v) is 2.41. The van der Waals surface area contributed by atoms with Crippen LogP contribution in [0, 0.1) is 12.3 Å². The van der Waals surface area contributed by atoms with Gasteiger partial charge in [0.2, 0.25) is 5.91 Å². The Morgan fingerprint density at radius 3 is 2.94 bits per heavy atom. The topological polar surface area (TPSA) is 61.4 Å². The van der Waals surface area contributed by atoms with E-state index in [4.69, 9.17) is 0 Å². The largest absolute Gasteiger partial charge is 0.505 e. The molecule has 1 unspecified atom stereocenters. The summed E-state index contributed by atoms with van der Waals surface area (Å²) in [6.07, 6.45) is 1.65. The van der Waals surface area contributed by atoms with Gasteiger partial charge in [0, 0.05) is 6.54 Å². The third-order valence-electron chi connectivity index (χ3n) is 3.89. The van der Waals surface area contributed by atoms with Crippen LogP contribution < -0.4 is 10.6 Å². The van der Waals surface area contributed by atoms with Gasteiger partial charge in [0.25, 0.3) is 0 Å². The van der Waals surface area contributed by atoms with Gasteiger partial charge in [-0.25, -0.2) is 0 Å². The van der Waals surface area contributed by atoms with Crippen molar-refractivity contribution >= 4 is 11.6 Å². The molecule has 18 heavy (non-hydrogen) atoms. The number of anilines is 1. The minimum absolute atomic E-state index is 0.00380. The number of nitrogens with one attached hydrogen (secondary N) is 2. The van der Waals surface area contributed by atoms with Crippen molar-refractivity contribution in [2.75, 3.05) is 18.4 Å². The van der Waals surface area contributed by atoms with Gasteiger partial charge in [-0.05, 0) is 37.9 Å². The molecule has 1 amide bonds. The number of aryl methyl sites for hydroxylation is 1. The van der Waals surface area contributed by atoms with Crippen LogP contribution in [0.3, 0.4) is 0 Å². The fourth-order valence-electron chi connectivity index (χ4n) is 2.41. The third kappa shape index (κ3) is 2.20. The smallest absolute Gasteiger partial charge is 0.232 e. The van der Waals surface area contributed by atoms with E-state index in [2.05, 4.69) is 10.6 Å². The van der Waals surface area contributed by atoms with Gasteiger partial charge < -0.3 is 15.7 Å². The normalized spacial score (nSPS) is 23.0. The van der Waals surface area contributed by atoms with E-state index in [0.717, 1.165) is 24.9 Å². The maximum absolute atomic E-state index is 12.4. The van der Waals surface area contributed by atoms with Crippen molar-refractivity contribution in [3.63, 3.8) is 0 Å². The Hall–Kier alpha value is -1.55. The lowest BCUT2D eigenvalue weighted by Gasteiger charge is -2.25. The Morgan fingerprint density at radius 1 is 1.56 bits per heavy atom. The van der Waals surface area contributed by atoms with Crippen LogP contribution in [0.15, 0.2) is 18.2 Å². The number of aromatic hydroxyl groups is 1. The second kappa shape index (κ2) is 4.98. The van der Waals surface area contributed by atoms with E-state index in [1.165, 1.54) is 0 Å². The Kier molecular flexibility index (Phi) is 3.57. The van der Waals surface area contributed by atoms with Gasteiger partial charge in [-0.15, -0.1) is 0 Å². The van der Waals surface area contributed by atoms with E-state index in [1.807, 2.05) is 26.0 Å². The maximum atomic E-state index is 12.4. The van der Waals surface area contributed by atoms with Crippen LogP contribution in [-0.4, -0.2) is 24.1 Å². The van der Waals surface area contributed by atoms with E-state index in [9.17, 15) is 9.90 Å². The molecule has 1 atom stereocenters. The van der Waals surface area contributed by atoms with E-state index in [1.54, 1.807) is 6.07 Å². The number of carbonyl (C=O) groups excluding carboxylic acids is 1. The maximum Gasteiger partial charge on any atom is 0.232 e. The zero-order chi connectivity index (χ0) is 13.2. The molecule has 1 aliphatic heterocycles. The van der Waals surface area contributed by atoms with Gasteiger partial charge in [-0.1, -0.05) is 19.1 Å².